The smallest absolute Gasteiger partial charge is 0.406 e. The van der Waals surface area contributed by atoms with E-state index < -0.39 is 36.4 Å². The number of carboxylic acid groups (broad SMARTS) is 1. The van der Waals surface area contributed by atoms with Crippen molar-refractivity contribution in [2.75, 3.05) is 13.6 Å². The van der Waals surface area contributed by atoms with Crippen LogP contribution in [0.3, 0.4) is 0 Å². The van der Waals surface area contributed by atoms with Gasteiger partial charge in [-0.3, -0.25) is 9.59 Å². The average molecular weight is 267 g/mol. The third kappa shape index (κ3) is 4.19. The van der Waals surface area contributed by atoms with Crippen LogP contribution in [0.4, 0.5) is 13.2 Å². The first-order chi connectivity index (χ1) is 8.20. The number of hydrogen-bond acceptors (Lipinski definition) is 2. The molecule has 2 atom stereocenters. The number of carbonyl (C=O) groups is 2. The fourth-order valence-electron chi connectivity index (χ4n) is 2.30. The molecule has 1 saturated carbocycles. The molecule has 18 heavy (non-hydrogen) atoms. The third-order valence-electron chi connectivity index (χ3n) is 3.17. The van der Waals surface area contributed by atoms with E-state index in [2.05, 4.69) is 0 Å². The summed E-state index contributed by atoms with van der Waals surface area (Å²) in [6.45, 7) is -1.29. The minimum atomic E-state index is -4.43. The molecule has 1 amide bonds. The van der Waals surface area contributed by atoms with E-state index in [1.807, 2.05) is 0 Å². The molecule has 0 aliphatic heterocycles. The van der Waals surface area contributed by atoms with Crippen LogP contribution >= 0.6 is 0 Å². The van der Waals surface area contributed by atoms with Crippen molar-refractivity contribution in [3.63, 3.8) is 0 Å². The number of rotatable bonds is 3. The van der Waals surface area contributed by atoms with E-state index >= 15 is 0 Å². The number of aliphatic carboxylic acids is 1. The second-order valence-corrected chi connectivity index (χ2v) is 4.71. The largest absolute Gasteiger partial charge is 0.481 e. The quantitative estimate of drug-likeness (QED) is 0.849. The van der Waals surface area contributed by atoms with Crippen LogP contribution in [0.15, 0.2) is 0 Å². The van der Waals surface area contributed by atoms with Crippen LogP contribution in [-0.4, -0.2) is 41.7 Å². The lowest BCUT2D eigenvalue weighted by molar-refractivity contribution is -0.162. The number of hydrogen-bond donors (Lipinski definition) is 1. The molecule has 104 valence electrons. The Morgan fingerprint density at radius 1 is 1.28 bits per heavy atom. The van der Waals surface area contributed by atoms with Gasteiger partial charge in [0.05, 0.1) is 5.92 Å². The Labute approximate surface area is 103 Å². The van der Waals surface area contributed by atoms with Crippen LogP contribution in [0.25, 0.3) is 0 Å². The lowest BCUT2D eigenvalue weighted by atomic mass is 9.81. The molecule has 4 nitrogen and oxygen atoms in total. The molecule has 0 unspecified atom stereocenters. The van der Waals surface area contributed by atoms with Gasteiger partial charge in [-0.2, -0.15) is 13.2 Å². The number of carboxylic acids is 1. The number of nitrogens with zero attached hydrogens (tertiary/aromatic N) is 1. The Kier molecular flexibility index (Phi) is 4.59. The molecule has 1 N–H and O–H groups in total. The van der Waals surface area contributed by atoms with Crippen molar-refractivity contribution in [2.45, 2.75) is 31.9 Å². The normalized spacial score (nSPS) is 24.7. The summed E-state index contributed by atoms with van der Waals surface area (Å²) in [4.78, 5) is 23.2. The first-order valence-electron chi connectivity index (χ1n) is 5.75. The number of amides is 1. The SMILES string of the molecule is CN(CC(F)(F)F)C(=O)[C@H]1CCC[C@H](C(=O)O)C1. The van der Waals surface area contributed by atoms with Gasteiger partial charge >= 0.3 is 12.1 Å². The summed E-state index contributed by atoms with van der Waals surface area (Å²) in [5.74, 6) is -2.82. The van der Waals surface area contributed by atoms with Crippen molar-refractivity contribution in [3.05, 3.63) is 0 Å². The minimum Gasteiger partial charge on any atom is -0.481 e. The zero-order valence-corrected chi connectivity index (χ0v) is 10.0. The molecule has 0 aromatic carbocycles. The molecular formula is C11H16F3NO3. The van der Waals surface area contributed by atoms with Crippen molar-refractivity contribution >= 4 is 11.9 Å². The summed E-state index contributed by atoms with van der Waals surface area (Å²) < 4.78 is 36.5. The van der Waals surface area contributed by atoms with Gasteiger partial charge in [0.15, 0.2) is 0 Å². The van der Waals surface area contributed by atoms with Crippen molar-refractivity contribution < 1.29 is 27.9 Å². The maximum absolute atomic E-state index is 12.2. The van der Waals surface area contributed by atoms with Gasteiger partial charge in [-0.05, 0) is 19.3 Å². The second kappa shape index (κ2) is 5.58. The van der Waals surface area contributed by atoms with Crippen molar-refractivity contribution in [1.29, 1.82) is 0 Å². The van der Waals surface area contributed by atoms with Crippen LogP contribution in [-0.2, 0) is 9.59 Å². The molecule has 0 aromatic heterocycles. The number of carbonyl (C=O) groups excluding carboxylic acids is 1. The summed E-state index contributed by atoms with van der Waals surface area (Å²) >= 11 is 0. The van der Waals surface area contributed by atoms with Gasteiger partial charge in [0.1, 0.15) is 6.54 Å². The Hall–Kier alpha value is -1.27. The van der Waals surface area contributed by atoms with Gasteiger partial charge < -0.3 is 10.0 Å². The van der Waals surface area contributed by atoms with Crippen LogP contribution < -0.4 is 0 Å². The predicted octanol–water partition coefficient (Wildman–Crippen LogP) is 1.90. The average Bonchev–Trinajstić information content (AvgIpc) is 2.26. The molecule has 1 aliphatic carbocycles. The van der Waals surface area contributed by atoms with E-state index in [-0.39, 0.29) is 6.42 Å². The summed E-state index contributed by atoms with van der Waals surface area (Å²) in [6.07, 6.45) is -2.78. The van der Waals surface area contributed by atoms with E-state index in [0.29, 0.717) is 24.2 Å². The summed E-state index contributed by atoms with van der Waals surface area (Å²) in [5, 5.41) is 8.86. The molecule has 1 rings (SSSR count). The number of alkyl halides is 3. The van der Waals surface area contributed by atoms with Crippen LogP contribution in [0, 0.1) is 11.8 Å². The van der Waals surface area contributed by atoms with E-state index in [1.165, 1.54) is 0 Å². The van der Waals surface area contributed by atoms with Crippen LogP contribution in [0.2, 0.25) is 0 Å². The maximum Gasteiger partial charge on any atom is 0.406 e. The fourth-order valence-corrected chi connectivity index (χ4v) is 2.30. The van der Waals surface area contributed by atoms with Gasteiger partial charge in [-0.1, -0.05) is 6.42 Å². The van der Waals surface area contributed by atoms with E-state index in [9.17, 15) is 22.8 Å². The molecule has 0 aromatic rings. The molecule has 1 fully saturated rings. The minimum absolute atomic E-state index is 0.135. The number of halogens is 3. The highest BCUT2D eigenvalue weighted by Gasteiger charge is 2.36. The first-order valence-corrected chi connectivity index (χ1v) is 5.75. The van der Waals surface area contributed by atoms with Crippen LogP contribution in [0.1, 0.15) is 25.7 Å². The summed E-state index contributed by atoms with van der Waals surface area (Å²) in [5.41, 5.74) is 0. The third-order valence-corrected chi connectivity index (χ3v) is 3.17. The van der Waals surface area contributed by atoms with Gasteiger partial charge in [0.2, 0.25) is 5.91 Å². The summed E-state index contributed by atoms with van der Waals surface area (Å²) in [7, 11) is 1.10. The predicted molar refractivity (Wildman–Crippen MR) is 56.8 cm³/mol. The van der Waals surface area contributed by atoms with Gasteiger partial charge in [-0.25, -0.2) is 0 Å². The van der Waals surface area contributed by atoms with E-state index in [4.69, 9.17) is 5.11 Å². The molecule has 7 heteroatoms. The van der Waals surface area contributed by atoms with Gasteiger partial charge in [0, 0.05) is 13.0 Å². The Balaban J connectivity index is 2.58. The van der Waals surface area contributed by atoms with Gasteiger partial charge in [-0.15, -0.1) is 0 Å². The monoisotopic (exact) mass is 267 g/mol. The van der Waals surface area contributed by atoms with Crippen molar-refractivity contribution in [1.82, 2.24) is 4.90 Å². The summed E-state index contributed by atoms with van der Waals surface area (Å²) in [6, 6.07) is 0. The van der Waals surface area contributed by atoms with Crippen LogP contribution in [0.5, 0.6) is 0 Å². The van der Waals surface area contributed by atoms with E-state index in [1.54, 1.807) is 0 Å². The highest BCUT2D eigenvalue weighted by Crippen LogP contribution is 2.31. The second-order valence-electron chi connectivity index (χ2n) is 4.71. The van der Waals surface area contributed by atoms with Crippen molar-refractivity contribution in [3.8, 4) is 0 Å². The topological polar surface area (TPSA) is 57.6 Å². The molecule has 0 saturated heterocycles. The molecule has 1 aliphatic rings. The molecule has 0 spiro atoms. The molecule has 0 radical (unpaired) electrons. The van der Waals surface area contributed by atoms with Crippen molar-refractivity contribution in [2.24, 2.45) is 11.8 Å². The fraction of sp³-hybridized carbons (Fsp3) is 0.818. The van der Waals surface area contributed by atoms with Gasteiger partial charge in [0.25, 0.3) is 0 Å². The Bertz CT molecular complexity index is 330. The maximum atomic E-state index is 12.2. The first kappa shape index (κ1) is 14.8. The Morgan fingerprint density at radius 2 is 1.83 bits per heavy atom. The lowest BCUT2D eigenvalue weighted by Crippen LogP contribution is -2.41. The molecule has 0 heterocycles. The zero-order valence-electron chi connectivity index (χ0n) is 10.0. The Morgan fingerprint density at radius 3 is 2.33 bits per heavy atom. The zero-order chi connectivity index (χ0) is 13.9. The van der Waals surface area contributed by atoms with E-state index in [0.717, 1.165) is 7.05 Å². The highest BCUT2D eigenvalue weighted by atomic mass is 19.4. The molecule has 0 bridgehead atoms. The molecular weight excluding hydrogens is 251 g/mol. The highest BCUT2D eigenvalue weighted by molar-refractivity contribution is 5.80. The lowest BCUT2D eigenvalue weighted by Gasteiger charge is -2.29. The standard InChI is InChI=1S/C11H16F3NO3/c1-15(6-11(12,13)14)9(16)7-3-2-4-8(5-7)10(17)18/h7-8H,2-6H2,1H3,(H,17,18)/t7-,8-/m0/s1.